The third-order valence-electron chi connectivity index (χ3n) is 6.67. The number of piperidine rings is 1. The molecule has 1 aliphatic carbocycles. The number of nitrogens with zero attached hydrogens (tertiary/aromatic N) is 4. The number of anilines is 1. The molecule has 0 amide bonds. The number of nitrogens with two attached hydrogens (primary N) is 1. The zero-order valence-electron chi connectivity index (χ0n) is 17.7. The standard InChI is InChI=1S/C20H34BN5O2/c1-19(2)20(3,4)28-21(27-19)15-12-23-18(24-13-15)26(16-7-8-16)17-6-5-10-25(14-17)11-9-22/h12-13,16-17H,5-11,14,22H2,1-4H3. The monoisotopic (exact) mass is 387 g/mol. The molecule has 1 unspecified atom stereocenters. The summed E-state index contributed by atoms with van der Waals surface area (Å²) in [7, 11) is -0.414. The molecule has 0 bridgehead atoms. The highest BCUT2D eigenvalue weighted by atomic mass is 16.7. The van der Waals surface area contributed by atoms with Crippen LogP contribution in [0.2, 0.25) is 0 Å². The van der Waals surface area contributed by atoms with Crippen LogP contribution in [0.25, 0.3) is 0 Å². The van der Waals surface area contributed by atoms with E-state index in [9.17, 15) is 0 Å². The summed E-state index contributed by atoms with van der Waals surface area (Å²) in [5.74, 6) is 0.836. The van der Waals surface area contributed by atoms with E-state index >= 15 is 0 Å². The van der Waals surface area contributed by atoms with Crippen molar-refractivity contribution in [1.82, 2.24) is 14.9 Å². The lowest BCUT2D eigenvalue weighted by atomic mass is 9.81. The van der Waals surface area contributed by atoms with Crippen molar-refractivity contribution in [2.24, 2.45) is 5.73 Å². The third-order valence-corrected chi connectivity index (χ3v) is 6.67. The summed E-state index contributed by atoms with van der Waals surface area (Å²) < 4.78 is 12.3. The van der Waals surface area contributed by atoms with Crippen LogP contribution in [-0.4, -0.2) is 71.5 Å². The van der Waals surface area contributed by atoms with Gasteiger partial charge in [-0.25, -0.2) is 9.97 Å². The molecule has 8 heteroatoms. The molecule has 1 aromatic rings. The second kappa shape index (κ2) is 7.56. The van der Waals surface area contributed by atoms with E-state index in [4.69, 9.17) is 25.0 Å². The third kappa shape index (κ3) is 3.92. The molecular weight excluding hydrogens is 353 g/mol. The van der Waals surface area contributed by atoms with Crippen LogP contribution in [0, 0.1) is 0 Å². The summed E-state index contributed by atoms with van der Waals surface area (Å²) in [4.78, 5) is 14.4. The minimum absolute atomic E-state index is 0.356. The molecule has 154 valence electrons. The molecule has 2 aliphatic heterocycles. The molecule has 1 saturated carbocycles. The molecule has 4 rings (SSSR count). The number of hydrogen-bond donors (Lipinski definition) is 1. The van der Waals surface area contributed by atoms with Crippen LogP contribution in [0.15, 0.2) is 12.4 Å². The summed E-state index contributed by atoms with van der Waals surface area (Å²) in [5.41, 5.74) is 5.94. The average Bonchev–Trinajstić information content (AvgIpc) is 3.43. The highest BCUT2D eigenvalue weighted by Crippen LogP contribution is 2.37. The molecule has 7 nitrogen and oxygen atoms in total. The van der Waals surface area contributed by atoms with Gasteiger partial charge in [-0.2, -0.15) is 0 Å². The smallest absolute Gasteiger partial charge is 0.399 e. The fourth-order valence-corrected chi connectivity index (χ4v) is 4.19. The van der Waals surface area contributed by atoms with E-state index in [0.717, 1.165) is 37.6 Å². The molecule has 2 saturated heterocycles. The van der Waals surface area contributed by atoms with Crippen LogP contribution in [0.3, 0.4) is 0 Å². The van der Waals surface area contributed by atoms with E-state index in [1.54, 1.807) is 0 Å². The van der Waals surface area contributed by atoms with Crippen LogP contribution in [0.1, 0.15) is 53.4 Å². The van der Waals surface area contributed by atoms with Gasteiger partial charge in [0.2, 0.25) is 5.95 Å². The normalized spacial score (nSPS) is 27.2. The minimum Gasteiger partial charge on any atom is -0.399 e. The Bertz CT molecular complexity index is 662. The maximum absolute atomic E-state index is 6.13. The molecule has 28 heavy (non-hydrogen) atoms. The van der Waals surface area contributed by atoms with Gasteiger partial charge in [0, 0.05) is 49.6 Å². The molecule has 1 atom stereocenters. The lowest BCUT2D eigenvalue weighted by Crippen LogP contribution is -2.50. The van der Waals surface area contributed by atoms with Crippen molar-refractivity contribution in [2.75, 3.05) is 31.1 Å². The first-order valence-electron chi connectivity index (χ1n) is 10.7. The van der Waals surface area contributed by atoms with Crippen LogP contribution in [0.4, 0.5) is 5.95 Å². The molecule has 3 aliphatic rings. The Kier molecular flexibility index (Phi) is 5.42. The Balaban J connectivity index is 1.49. The summed E-state index contributed by atoms with van der Waals surface area (Å²) in [6.45, 7) is 12.1. The highest BCUT2D eigenvalue weighted by molar-refractivity contribution is 6.61. The maximum atomic E-state index is 6.13. The number of aromatic nitrogens is 2. The van der Waals surface area contributed by atoms with Gasteiger partial charge in [-0.3, -0.25) is 0 Å². The molecular formula is C20H34BN5O2. The van der Waals surface area contributed by atoms with Crippen molar-refractivity contribution in [3.05, 3.63) is 12.4 Å². The summed E-state index contributed by atoms with van der Waals surface area (Å²) in [5, 5.41) is 0. The van der Waals surface area contributed by atoms with E-state index in [1.807, 2.05) is 12.4 Å². The topological polar surface area (TPSA) is 76.7 Å². The van der Waals surface area contributed by atoms with E-state index in [-0.39, 0.29) is 11.2 Å². The van der Waals surface area contributed by atoms with Crippen LogP contribution in [-0.2, 0) is 9.31 Å². The van der Waals surface area contributed by atoms with Crippen molar-refractivity contribution >= 4 is 18.5 Å². The fourth-order valence-electron chi connectivity index (χ4n) is 4.19. The summed E-state index contributed by atoms with van der Waals surface area (Å²) in [6.07, 6.45) is 8.62. The molecule has 3 heterocycles. The lowest BCUT2D eigenvalue weighted by molar-refractivity contribution is 0.00578. The van der Waals surface area contributed by atoms with Gasteiger partial charge in [-0.05, 0) is 59.9 Å². The first kappa shape index (κ1) is 20.1. The maximum Gasteiger partial charge on any atom is 0.498 e. The first-order chi connectivity index (χ1) is 13.3. The van der Waals surface area contributed by atoms with Crippen LogP contribution < -0.4 is 16.1 Å². The van der Waals surface area contributed by atoms with E-state index in [0.29, 0.717) is 12.1 Å². The van der Waals surface area contributed by atoms with Gasteiger partial charge in [0.05, 0.1) is 11.2 Å². The summed E-state index contributed by atoms with van der Waals surface area (Å²) in [6, 6.07) is 1.04. The van der Waals surface area contributed by atoms with Gasteiger partial charge in [-0.15, -0.1) is 0 Å². The van der Waals surface area contributed by atoms with E-state index in [2.05, 4.69) is 37.5 Å². The quantitative estimate of drug-likeness (QED) is 0.735. The Labute approximate surface area is 169 Å². The van der Waals surface area contributed by atoms with Gasteiger partial charge < -0.3 is 24.8 Å². The number of hydrogen-bond acceptors (Lipinski definition) is 7. The van der Waals surface area contributed by atoms with Crippen molar-refractivity contribution in [3.8, 4) is 0 Å². The van der Waals surface area contributed by atoms with Gasteiger partial charge in [0.1, 0.15) is 0 Å². The molecule has 0 radical (unpaired) electrons. The van der Waals surface area contributed by atoms with Gasteiger partial charge in [0.15, 0.2) is 0 Å². The van der Waals surface area contributed by atoms with Gasteiger partial charge in [-0.1, -0.05) is 0 Å². The van der Waals surface area contributed by atoms with Crippen LogP contribution >= 0.6 is 0 Å². The van der Waals surface area contributed by atoms with Crippen molar-refractivity contribution in [1.29, 1.82) is 0 Å². The second-order valence-corrected chi connectivity index (χ2v) is 9.43. The largest absolute Gasteiger partial charge is 0.498 e. The lowest BCUT2D eigenvalue weighted by Gasteiger charge is -2.39. The SMILES string of the molecule is CC1(C)OB(c2cnc(N(C3CC3)C3CCCN(CCN)C3)nc2)OC1(C)C. The van der Waals surface area contributed by atoms with E-state index in [1.165, 1.54) is 25.7 Å². The van der Waals surface area contributed by atoms with E-state index < -0.39 is 7.12 Å². The Morgan fingerprint density at radius 1 is 1.11 bits per heavy atom. The second-order valence-electron chi connectivity index (χ2n) is 9.43. The highest BCUT2D eigenvalue weighted by Gasteiger charge is 2.52. The molecule has 1 aromatic heterocycles. The minimum atomic E-state index is -0.414. The average molecular weight is 387 g/mol. The molecule has 0 aromatic carbocycles. The van der Waals surface area contributed by atoms with Crippen LogP contribution in [0.5, 0.6) is 0 Å². The Morgan fingerprint density at radius 2 is 1.75 bits per heavy atom. The van der Waals surface area contributed by atoms with Gasteiger partial charge in [0.25, 0.3) is 0 Å². The predicted molar refractivity (Wildman–Crippen MR) is 112 cm³/mol. The Morgan fingerprint density at radius 3 is 2.32 bits per heavy atom. The summed E-state index contributed by atoms with van der Waals surface area (Å²) >= 11 is 0. The van der Waals surface area contributed by atoms with Gasteiger partial charge >= 0.3 is 7.12 Å². The van der Waals surface area contributed by atoms with Crippen molar-refractivity contribution in [3.63, 3.8) is 0 Å². The molecule has 3 fully saturated rings. The zero-order valence-corrected chi connectivity index (χ0v) is 17.7. The number of likely N-dealkylation sites (tertiary alicyclic amines) is 1. The predicted octanol–water partition coefficient (Wildman–Crippen LogP) is 1.17. The van der Waals surface area contributed by atoms with Crippen molar-refractivity contribution < 1.29 is 9.31 Å². The number of rotatable bonds is 6. The molecule has 0 spiro atoms. The Hall–Kier alpha value is -1.22. The molecule has 2 N–H and O–H groups in total. The fraction of sp³-hybridized carbons (Fsp3) is 0.800. The first-order valence-corrected chi connectivity index (χ1v) is 10.7. The van der Waals surface area contributed by atoms with Crippen molar-refractivity contribution in [2.45, 2.75) is 76.7 Å². The zero-order chi connectivity index (χ0) is 19.9.